The molecule has 7 nitrogen and oxygen atoms in total. The zero-order valence-corrected chi connectivity index (χ0v) is 18.3. The standard InChI is InChI=1S/C24H30N6O/c1-3-31-22-7-5-4-6-19(22)10-11-25-23-16-21(27-18-28-23)20-8-9-24(26-17-20)30-14-12-29(2)13-15-30/h4-9,16-18H,3,10-15H2,1-2H3,(H,25,27,28). The fourth-order valence-electron chi connectivity index (χ4n) is 3.70. The van der Waals surface area contributed by atoms with Crippen molar-refractivity contribution in [2.45, 2.75) is 13.3 Å². The van der Waals surface area contributed by atoms with Gasteiger partial charge in [0.1, 0.15) is 23.7 Å². The molecule has 162 valence electrons. The van der Waals surface area contributed by atoms with E-state index in [1.807, 2.05) is 37.4 Å². The summed E-state index contributed by atoms with van der Waals surface area (Å²) in [6.45, 7) is 7.60. The van der Waals surface area contributed by atoms with E-state index in [-0.39, 0.29) is 0 Å². The molecule has 0 bridgehead atoms. The molecule has 1 saturated heterocycles. The Morgan fingerprint density at radius 2 is 1.84 bits per heavy atom. The summed E-state index contributed by atoms with van der Waals surface area (Å²) < 4.78 is 5.71. The number of anilines is 2. The van der Waals surface area contributed by atoms with Crippen molar-refractivity contribution in [1.82, 2.24) is 19.9 Å². The van der Waals surface area contributed by atoms with Crippen molar-refractivity contribution in [3.63, 3.8) is 0 Å². The van der Waals surface area contributed by atoms with Gasteiger partial charge in [-0.05, 0) is 44.2 Å². The monoisotopic (exact) mass is 418 g/mol. The first-order valence-electron chi connectivity index (χ1n) is 10.9. The number of nitrogens with zero attached hydrogens (tertiary/aromatic N) is 5. The van der Waals surface area contributed by atoms with E-state index in [0.29, 0.717) is 6.61 Å². The van der Waals surface area contributed by atoms with E-state index in [1.165, 1.54) is 5.56 Å². The third-order valence-electron chi connectivity index (χ3n) is 5.51. The molecule has 1 aromatic carbocycles. The minimum absolute atomic E-state index is 0.668. The molecule has 31 heavy (non-hydrogen) atoms. The number of benzene rings is 1. The molecule has 1 aliphatic heterocycles. The molecule has 0 radical (unpaired) electrons. The van der Waals surface area contributed by atoms with Crippen LogP contribution in [0, 0.1) is 0 Å². The maximum absolute atomic E-state index is 5.71. The van der Waals surface area contributed by atoms with Gasteiger partial charge in [0.2, 0.25) is 0 Å². The molecule has 0 amide bonds. The summed E-state index contributed by atoms with van der Waals surface area (Å²) in [5, 5.41) is 3.40. The van der Waals surface area contributed by atoms with E-state index in [4.69, 9.17) is 4.74 Å². The van der Waals surface area contributed by atoms with E-state index < -0.39 is 0 Å². The Hall–Kier alpha value is -3.19. The number of pyridine rings is 1. The number of piperazine rings is 1. The van der Waals surface area contributed by atoms with Crippen LogP contribution >= 0.6 is 0 Å². The van der Waals surface area contributed by atoms with E-state index in [1.54, 1.807) is 6.33 Å². The number of likely N-dealkylation sites (N-methyl/N-ethyl adjacent to an activating group) is 1. The summed E-state index contributed by atoms with van der Waals surface area (Å²) in [6.07, 6.45) is 4.36. The quantitative estimate of drug-likeness (QED) is 0.602. The predicted octanol–water partition coefficient (Wildman–Crippen LogP) is 3.34. The Kier molecular flexibility index (Phi) is 6.94. The minimum Gasteiger partial charge on any atom is -0.494 e. The lowest BCUT2D eigenvalue weighted by atomic mass is 10.1. The highest BCUT2D eigenvalue weighted by Crippen LogP contribution is 2.22. The molecule has 0 saturated carbocycles. The van der Waals surface area contributed by atoms with Gasteiger partial charge in [-0.3, -0.25) is 0 Å². The first kappa shape index (κ1) is 21.1. The van der Waals surface area contributed by atoms with Gasteiger partial charge < -0.3 is 19.9 Å². The van der Waals surface area contributed by atoms with Crippen LogP contribution in [0.2, 0.25) is 0 Å². The summed E-state index contributed by atoms with van der Waals surface area (Å²) in [5.74, 6) is 2.78. The molecular formula is C24H30N6O. The van der Waals surface area contributed by atoms with Crippen molar-refractivity contribution >= 4 is 11.6 Å². The Morgan fingerprint density at radius 3 is 2.61 bits per heavy atom. The summed E-state index contributed by atoms with van der Waals surface area (Å²) in [7, 11) is 2.16. The minimum atomic E-state index is 0.668. The lowest BCUT2D eigenvalue weighted by Gasteiger charge is -2.33. The van der Waals surface area contributed by atoms with Crippen molar-refractivity contribution < 1.29 is 4.74 Å². The van der Waals surface area contributed by atoms with Gasteiger partial charge >= 0.3 is 0 Å². The smallest absolute Gasteiger partial charge is 0.129 e. The first-order valence-corrected chi connectivity index (χ1v) is 10.9. The normalized spacial score (nSPS) is 14.5. The van der Waals surface area contributed by atoms with Gasteiger partial charge in [0.15, 0.2) is 0 Å². The highest BCUT2D eigenvalue weighted by Gasteiger charge is 2.15. The van der Waals surface area contributed by atoms with Crippen molar-refractivity contribution in [2.24, 2.45) is 0 Å². The number of para-hydroxylation sites is 1. The number of rotatable bonds is 8. The van der Waals surface area contributed by atoms with Gasteiger partial charge in [0.25, 0.3) is 0 Å². The van der Waals surface area contributed by atoms with Crippen LogP contribution in [0.5, 0.6) is 5.75 Å². The molecule has 1 aliphatic rings. The van der Waals surface area contributed by atoms with Crippen LogP contribution in [0.4, 0.5) is 11.6 Å². The average molecular weight is 419 g/mol. The summed E-state index contributed by atoms with van der Waals surface area (Å²) in [5.41, 5.74) is 3.05. The molecule has 7 heteroatoms. The third-order valence-corrected chi connectivity index (χ3v) is 5.51. The zero-order valence-electron chi connectivity index (χ0n) is 18.3. The van der Waals surface area contributed by atoms with Crippen LogP contribution in [0.3, 0.4) is 0 Å². The van der Waals surface area contributed by atoms with Crippen molar-refractivity contribution in [3.8, 4) is 17.0 Å². The Labute approximate surface area is 184 Å². The third kappa shape index (κ3) is 5.49. The van der Waals surface area contributed by atoms with E-state index in [0.717, 1.165) is 67.8 Å². The molecule has 3 heterocycles. The maximum Gasteiger partial charge on any atom is 0.129 e. The van der Waals surface area contributed by atoms with E-state index in [9.17, 15) is 0 Å². The second-order valence-electron chi connectivity index (χ2n) is 7.70. The summed E-state index contributed by atoms with van der Waals surface area (Å²) in [4.78, 5) is 18.1. The maximum atomic E-state index is 5.71. The van der Waals surface area contributed by atoms with E-state index in [2.05, 4.69) is 55.3 Å². The van der Waals surface area contributed by atoms with Crippen LogP contribution in [-0.2, 0) is 6.42 Å². The Morgan fingerprint density at radius 1 is 1.00 bits per heavy atom. The lowest BCUT2D eigenvalue weighted by molar-refractivity contribution is 0.312. The molecule has 4 rings (SSSR count). The van der Waals surface area contributed by atoms with Gasteiger partial charge in [-0.25, -0.2) is 15.0 Å². The van der Waals surface area contributed by atoms with Crippen molar-refractivity contribution in [2.75, 3.05) is 56.6 Å². The molecule has 0 aliphatic carbocycles. The Bertz CT molecular complexity index is 970. The summed E-state index contributed by atoms with van der Waals surface area (Å²) >= 11 is 0. The highest BCUT2D eigenvalue weighted by atomic mass is 16.5. The van der Waals surface area contributed by atoms with Crippen LogP contribution in [-0.4, -0.2) is 66.2 Å². The molecule has 3 aromatic rings. The van der Waals surface area contributed by atoms with Crippen LogP contribution in [0.15, 0.2) is 55.0 Å². The molecule has 1 fully saturated rings. The molecular weight excluding hydrogens is 388 g/mol. The van der Waals surface area contributed by atoms with Gasteiger partial charge in [-0.15, -0.1) is 0 Å². The average Bonchev–Trinajstić information content (AvgIpc) is 2.81. The van der Waals surface area contributed by atoms with Gasteiger partial charge in [-0.1, -0.05) is 18.2 Å². The molecule has 1 N–H and O–H groups in total. The molecule has 0 unspecified atom stereocenters. The largest absolute Gasteiger partial charge is 0.494 e. The number of hydrogen-bond acceptors (Lipinski definition) is 7. The molecule has 0 atom stereocenters. The fraction of sp³-hybridized carbons (Fsp3) is 0.375. The van der Waals surface area contributed by atoms with Crippen molar-refractivity contribution in [3.05, 3.63) is 60.6 Å². The highest BCUT2D eigenvalue weighted by molar-refractivity contribution is 5.62. The van der Waals surface area contributed by atoms with Crippen LogP contribution in [0.25, 0.3) is 11.3 Å². The van der Waals surface area contributed by atoms with Gasteiger partial charge in [0, 0.05) is 50.6 Å². The van der Waals surface area contributed by atoms with Gasteiger partial charge in [0.05, 0.1) is 12.3 Å². The Balaban J connectivity index is 1.37. The molecule has 2 aromatic heterocycles. The predicted molar refractivity (Wildman–Crippen MR) is 125 cm³/mol. The number of hydrogen-bond donors (Lipinski definition) is 1. The first-order chi connectivity index (χ1) is 15.2. The van der Waals surface area contributed by atoms with Crippen LogP contribution in [0.1, 0.15) is 12.5 Å². The zero-order chi connectivity index (χ0) is 21.5. The SMILES string of the molecule is CCOc1ccccc1CCNc1cc(-c2ccc(N3CCN(C)CC3)nc2)ncn1. The summed E-state index contributed by atoms with van der Waals surface area (Å²) in [6, 6.07) is 14.3. The van der Waals surface area contributed by atoms with Gasteiger partial charge in [-0.2, -0.15) is 0 Å². The fourth-order valence-corrected chi connectivity index (χ4v) is 3.70. The number of nitrogens with one attached hydrogen (secondary N) is 1. The lowest BCUT2D eigenvalue weighted by Crippen LogP contribution is -2.44. The second kappa shape index (κ2) is 10.2. The molecule has 0 spiro atoms. The van der Waals surface area contributed by atoms with Crippen molar-refractivity contribution in [1.29, 1.82) is 0 Å². The second-order valence-corrected chi connectivity index (χ2v) is 7.70. The number of ether oxygens (including phenoxy) is 1. The van der Waals surface area contributed by atoms with E-state index >= 15 is 0 Å². The topological polar surface area (TPSA) is 66.4 Å². The number of aromatic nitrogens is 3. The van der Waals surface area contributed by atoms with Crippen LogP contribution < -0.4 is 15.0 Å².